The fraction of sp³-hybridized carbons (Fsp3) is 0.667. The van der Waals surface area contributed by atoms with Gasteiger partial charge in [-0.25, -0.2) is 0 Å². The highest BCUT2D eigenvalue weighted by Gasteiger charge is 2.56. The molecule has 4 nitrogen and oxygen atoms in total. The van der Waals surface area contributed by atoms with Gasteiger partial charge in [-0.3, -0.25) is 9.59 Å². The number of carbonyl (C=O) groups is 2. The fourth-order valence-corrected chi connectivity index (χ4v) is 6.21. The molecule has 0 aromatic heterocycles. The van der Waals surface area contributed by atoms with E-state index in [1.54, 1.807) is 0 Å². The van der Waals surface area contributed by atoms with Crippen LogP contribution in [0, 0.1) is 17.3 Å². The van der Waals surface area contributed by atoms with Crippen LogP contribution in [0.15, 0.2) is 18.2 Å². The summed E-state index contributed by atoms with van der Waals surface area (Å²) in [5, 5.41) is 0. The lowest BCUT2D eigenvalue weighted by molar-refractivity contribution is -0.157. The van der Waals surface area contributed by atoms with Gasteiger partial charge in [-0.2, -0.15) is 0 Å². The van der Waals surface area contributed by atoms with Crippen LogP contribution in [-0.4, -0.2) is 18.0 Å². The third kappa shape index (κ3) is 3.25. The van der Waals surface area contributed by atoms with Crippen LogP contribution in [-0.2, 0) is 20.7 Å². The Morgan fingerprint density at radius 3 is 2.61 bits per heavy atom. The Bertz CT molecular complexity index is 770. The first-order valence-electron chi connectivity index (χ1n) is 11.0. The van der Waals surface area contributed by atoms with Gasteiger partial charge in [0.05, 0.1) is 0 Å². The van der Waals surface area contributed by atoms with E-state index in [1.807, 2.05) is 19.9 Å². The van der Waals surface area contributed by atoms with Gasteiger partial charge in [-0.15, -0.1) is 0 Å². The first-order chi connectivity index (χ1) is 13.5. The smallest absolute Gasteiger partial charge is 0.310 e. The molecule has 4 rings (SSSR count). The van der Waals surface area contributed by atoms with Crippen LogP contribution in [0.5, 0.6) is 5.75 Å². The lowest BCUT2D eigenvalue weighted by Crippen LogP contribution is -2.45. The van der Waals surface area contributed by atoms with E-state index in [-0.39, 0.29) is 23.5 Å². The predicted octanol–water partition coefficient (Wildman–Crippen LogP) is 5.18. The number of aryl methyl sites for hydroxylation is 1. The Kier molecular flexibility index (Phi) is 5.24. The summed E-state index contributed by atoms with van der Waals surface area (Å²) in [6, 6.07) is 6.23. The lowest BCUT2D eigenvalue weighted by atomic mass is 9.55. The summed E-state index contributed by atoms with van der Waals surface area (Å²) in [7, 11) is 0. The largest absolute Gasteiger partial charge is 0.462 e. The molecule has 28 heavy (non-hydrogen) atoms. The molecular weight excluding hydrogens is 352 g/mol. The van der Waals surface area contributed by atoms with Crippen molar-refractivity contribution in [3.05, 3.63) is 29.3 Å². The Morgan fingerprint density at radius 1 is 1.07 bits per heavy atom. The summed E-state index contributed by atoms with van der Waals surface area (Å²) in [6.07, 6.45) is 7.61. The molecule has 0 aliphatic heterocycles. The molecule has 0 bridgehead atoms. The quantitative estimate of drug-likeness (QED) is 0.530. The number of fused-ring (bicyclic) bond motifs is 5. The Morgan fingerprint density at radius 2 is 1.86 bits per heavy atom. The zero-order valence-electron chi connectivity index (χ0n) is 17.3. The molecule has 1 aromatic carbocycles. The summed E-state index contributed by atoms with van der Waals surface area (Å²) >= 11 is 0. The molecule has 0 unspecified atom stereocenters. The number of ether oxygens (including phenoxy) is 2. The SMILES string of the molecule is CCC(=O)Oc1ccc2c(c1)CC[C@@H]1[C@H]3CC[C@@H](OC(=O)CC)[C@]3(C)CC[C@@H]21. The van der Waals surface area contributed by atoms with Gasteiger partial charge in [0.15, 0.2) is 0 Å². The third-order valence-corrected chi connectivity index (χ3v) is 7.69. The van der Waals surface area contributed by atoms with Gasteiger partial charge < -0.3 is 9.47 Å². The molecule has 0 saturated heterocycles. The number of benzene rings is 1. The van der Waals surface area contributed by atoms with Crippen molar-refractivity contribution in [1.29, 1.82) is 0 Å². The van der Waals surface area contributed by atoms with Crippen LogP contribution >= 0.6 is 0 Å². The molecule has 152 valence electrons. The van der Waals surface area contributed by atoms with Gasteiger partial charge in [-0.05, 0) is 79.5 Å². The highest BCUT2D eigenvalue weighted by molar-refractivity contribution is 5.72. The van der Waals surface area contributed by atoms with Crippen molar-refractivity contribution in [2.45, 2.75) is 84.2 Å². The Balaban J connectivity index is 1.54. The van der Waals surface area contributed by atoms with Crippen molar-refractivity contribution in [2.75, 3.05) is 0 Å². The molecule has 3 aliphatic rings. The molecule has 3 aliphatic carbocycles. The average Bonchev–Trinajstić information content (AvgIpc) is 3.03. The monoisotopic (exact) mass is 384 g/mol. The van der Waals surface area contributed by atoms with E-state index >= 15 is 0 Å². The maximum atomic E-state index is 11.9. The van der Waals surface area contributed by atoms with E-state index in [0.717, 1.165) is 25.7 Å². The minimum atomic E-state index is -0.180. The van der Waals surface area contributed by atoms with Crippen molar-refractivity contribution in [3.63, 3.8) is 0 Å². The van der Waals surface area contributed by atoms with Gasteiger partial charge >= 0.3 is 11.9 Å². The standard InChI is InChI=1S/C24H32O4/c1-4-22(25)27-16-7-9-17-15(14-16)6-8-19-18(17)12-13-24(3)20(19)10-11-21(24)28-23(26)5-2/h7,9,14,18-21H,4-6,8,10-13H2,1-3H3/t18-,19-,20+,21+,24+/m0/s1. The van der Waals surface area contributed by atoms with Crippen LogP contribution < -0.4 is 4.74 Å². The summed E-state index contributed by atoms with van der Waals surface area (Å²) in [5.41, 5.74) is 2.92. The number of esters is 2. The highest BCUT2D eigenvalue weighted by Crippen LogP contribution is 2.61. The number of hydrogen-bond acceptors (Lipinski definition) is 4. The van der Waals surface area contributed by atoms with Gasteiger partial charge in [0.25, 0.3) is 0 Å². The number of carbonyl (C=O) groups excluding carboxylic acids is 2. The van der Waals surface area contributed by atoms with Gasteiger partial charge in [0.2, 0.25) is 0 Å². The topological polar surface area (TPSA) is 52.6 Å². The predicted molar refractivity (Wildman–Crippen MR) is 107 cm³/mol. The van der Waals surface area contributed by atoms with E-state index in [9.17, 15) is 9.59 Å². The van der Waals surface area contributed by atoms with E-state index in [0.29, 0.717) is 36.3 Å². The molecule has 2 fully saturated rings. The average molecular weight is 385 g/mol. The van der Waals surface area contributed by atoms with Crippen LogP contribution in [0.4, 0.5) is 0 Å². The first kappa shape index (κ1) is 19.5. The molecule has 2 saturated carbocycles. The second-order valence-corrected chi connectivity index (χ2v) is 9.06. The van der Waals surface area contributed by atoms with E-state index in [4.69, 9.17) is 9.47 Å². The Labute approximate surface area is 168 Å². The van der Waals surface area contributed by atoms with Crippen molar-refractivity contribution >= 4 is 11.9 Å². The maximum absolute atomic E-state index is 11.9. The third-order valence-electron chi connectivity index (χ3n) is 7.69. The van der Waals surface area contributed by atoms with Gasteiger partial charge in [-0.1, -0.05) is 26.8 Å². The normalized spacial score (nSPS) is 33.4. The van der Waals surface area contributed by atoms with Crippen LogP contribution in [0.2, 0.25) is 0 Å². The van der Waals surface area contributed by atoms with E-state index < -0.39 is 0 Å². The second kappa shape index (κ2) is 7.53. The first-order valence-corrected chi connectivity index (χ1v) is 11.0. The zero-order chi connectivity index (χ0) is 19.9. The lowest BCUT2D eigenvalue weighted by Gasteiger charge is -2.50. The molecule has 5 atom stereocenters. The minimum absolute atomic E-state index is 0.0582. The van der Waals surface area contributed by atoms with Crippen molar-refractivity contribution in [3.8, 4) is 5.75 Å². The summed E-state index contributed by atoms with van der Waals surface area (Å²) in [4.78, 5) is 23.5. The molecule has 1 aromatic rings. The van der Waals surface area contributed by atoms with Gasteiger partial charge in [0.1, 0.15) is 11.9 Å². The summed E-state index contributed by atoms with van der Waals surface area (Å²) < 4.78 is 11.3. The van der Waals surface area contributed by atoms with E-state index in [2.05, 4.69) is 19.1 Å². The molecule has 0 N–H and O–H groups in total. The van der Waals surface area contributed by atoms with Crippen LogP contribution in [0.25, 0.3) is 0 Å². The molecule has 0 radical (unpaired) electrons. The molecular formula is C24H32O4. The second-order valence-electron chi connectivity index (χ2n) is 9.06. The van der Waals surface area contributed by atoms with Crippen molar-refractivity contribution in [2.24, 2.45) is 17.3 Å². The number of hydrogen-bond donors (Lipinski definition) is 0. The highest BCUT2D eigenvalue weighted by atomic mass is 16.5. The molecule has 4 heteroatoms. The molecule has 0 amide bonds. The minimum Gasteiger partial charge on any atom is -0.462 e. The fourth-order valence-electron chi connectivity index (χ4n) is 6.21. The Hall–Kier alpha value is -1.84. The number of rotatable bonds is 4. The van der Waals surface area contributed by atoms with Crippen LogP contribution in [0.1, 0.15) is 82.8 Å². The zero-order valence-corrected chi connectivity index (χ0v) is 17.3. The molecule has 0 spiro atoms. The van der Waals surface area contributed by atoms with Crippen molar-refractivity contribution in [1.82, 2.24) is 0 Å². The van der Waals surface area contributed by atoms with Crippen molar-refractivity contribution < 1.29 is 19.1 Å². The summed E-state index contributed by atoms with van der Waals surface area (Å²) in [5.74, 6) is 2.32. The van der Waals surface area contributed by atoms with Gasteiger partial charge in [0, 0.05) is 18.3 Å². The maximum Gasteiger partial charge on any atom is 0.310 e. The van der Waals surface area contributed by atoms with Crippen LogP contribution in [0.3, 0.4) is 0 Å². The summed E-state index contributed by atoms with van der Waals surface area (Å²) in [6.45, 7) is 6.05. The molecule has 0 heterocycles. The van der Waals surface area contributed by atoms with E-state index in [1.165, 1.54) is 24.0 Å².